The Kier molecular flexibility index (Phi) is 26.4. The van der Waals surface area contributed by atoms with E-state index in [0.717, 1.165) is 51.4 Å². The molecule has 0 radical (unpaired) electrons. The Hall–Kier alpha value is -2.70. The van der Waals surface area contributed by atoms with Crippen molar-refractivity contribution in [3.8, 4) is 0 Å². The maximum absolute atomic E-state index is 11.8. The molecule has 0 heterocycles. The summed E-state index contributed by atoms with van der Waals surface area (Å²) in [5.74, 6) is -0.714. The van der Waals surface area contributed by atoms with Gasteiger partial charge in [-0.05, 0) is 44.9 Å². The van der Waals surface area contributed by atoms with Crippen molar-refractivity contribution in [1.82, 2.24) is 0 Å². The Balaban J connectivity index is 3.77. The summed E-state index contributed by atoms with van der Waals surface area (Å²) in [4.78, 5) is 23.4. The van der Waals surface area contributed by atoms with Crippen LogP contribution in [0.3, 0.4) is 0 Å². The molecule has 6 heteroatoms. The number of carbonyl (C=O) groups excluding carboxylic acids is 2. The van der Waals surface area contributed by atoms with Crippen LogP contribution in [-0.2, 0) is 19.1 Å². The highest BCUT2D eigenvalue weighted by Crippen LogP contribution is 2.06. The zero-order valence-electron chi connectivity index (χ0n) is 24.2. The summed E-state index contributed by atoms with van der Waals surface area (Å²) in [5, 5.41) is 19.7. The van der Waals surface area contributed by atoms with Gasteiger partial charge >= 0.3 is 11.9 Å². The highest BCUT2D eigenvalue weighted by Gasteiger charge is 2.11. The van der Waals surface area contributed by atoms with Crippen LogP contribution in [0.4, 0.5) is 0 Å². The predicted molar refractivity (Wildman–Crippen MR) is 160 cm³/mol. The molecule has 0 aliphatic rings. The van der Waals surface area contributed by atoms with Gasteiger partial charge in [0.15, 0.2) is 0 Å². The molecule has 0 aromatic heterocycles. The van der Waals surface area contributed by atoms with Gasteiger partial charge in [0.2, 0.25) is 0 Å². The van der Waals surface area contributed by atoms with Crippen LogP contribution in [0, 0.1) is 0 Å². The van der Waals surface area contributed by atoms with Crippen LogP contribution in [0.15, 0.2) is 72.9 Å². The summed E-state index contributed by atoms with van der Waals surface area (Å²) in [6.07, 6.45) is 33.0. The lowest BCUT2D eigenvalue weighted by Gasteiger charge is -2.11. The first-order chi connectivity index (χ1) is 19.0. The molecule has 0 fully saturated rings. The molecule has 0 saturated carbocycles. The second-order valence-corrected chi connectivity index (χ2v) is 9.34. The van der Waals surface area contributed by atoms with Crippen molar-refractivity contribution in [2.45, 2.75) is 110 Å². The van der Waals surface area contributed by atoms with E-state index in [-0.39, 0.29) is 31.6 Å². The van der Waals surface area contributed by atoms with Gasteiger partial charge < -0.3 is 19.7 Å². The normalized spacial score (nSPS) is 14.1. The summed E-state index contributed by atoms with van der Waals surface area (Å²) >= 11 is 0. The Bertz CT molecular complexity index is 775. The monoisotopic (exact) mass is 544 g/mol. The second-order valence-electron chi connectivity index (χ2n) is 9.34. The maximum Gasteiger partial charge on any atom is 0.306 e. The van der Waals surface area contributed by atoms with E-state index in [0.29, 0.717) is 19.3 Å². The number of esters is 2. The molecule has 0 aliphatic heterocycles. The largest absolute Gasteiger partial charge is 0.463 e. The van der Waals surface area contributed by atoms with Gasteiger partial charge in [-0.1, -0.05) is 112 Å². The van der Waals surface area contributed by atoms with E-state index in [1.165, 1.54) is 6.42 Å². The SMILES string of the molecule is CC/C=C\C/C=C\CC(O)/C=C/C=C\C/C=C\C/C=C\CCC(=O)OC[C@@H](O)COC(=O)CCCCCCC. The number of allylic oxidation sites excluding steroid dienone is 10. The Labute approximate surface area is 236 Å². The van der Waals surface area contributed by atoms with E-state index in [1.807, 2.05) is 36.5 Å². The molecule has 1 unspecified atom stereocenters. The van der Waals surface area contributed by atoms with Crippen molar-refractivity contribution in [2.24, 2.45) is 0 Å². The highest BCUT2D eigenvalue weighted by atomic mass is 16.6. The van der Waals surface area contributed by atoms with Gasteiger partial charge in [0.05, 0.1) is 6.10 Å². The summed E-state index contributed by atoms with van der Waals surface area (Å²) in [6, 6.07) is 0. The average molecular weight is 545 g/mol. The Morgan fingerprint density at radius 2 is 1.26 bits per heavy atom. The van der Waals surface area contributed by atoms with Crippen molar-refractivity contribution < 1.29 is 29.3 Å². The van der Waals surface area contributed by atoms with Crippen LogP contribution in [0.5, 0.6) is 0 Å². The number of unbranched alkanes of at least 4 members (excludes halogenated alkanes) is 4. The van der Waals surface area contributed by atoms with Gasteiger partial charge in [-0.15, -0.1) is 0 Å². The van der Waals surface area contributed by atoms with Crippen molar-refractivity contribution >= 4 is 11.9 Å². The molecule has 39 heavy (non-hydrogen) atoms. The molecule has 2 N–H and O–H groups in total. The zero-order valence-corrected chi connectivity index (χ0v) is 24.2. The quantitative estimate of drug-likeness (QED) is 0.0576. The fourth-order valence-corrected chi connectivity index (χ4v) is 3.31. The molecule has 0 aliphatic carbocycles. The van der Waals surface area contributed by atoms with Crippen LogP contribution < -0.4 is 0 Å². The first-order valence-corrected chi connectivity index (χ1v) is 14.6. The van der Waals surface area contributed by atoms with Crippen LogP contribution in [0.2, 0.25) is 0 Å². The van der Waals surface area contributed by atoms with E-state index in [1.54, 1.807) is 6.08 Å². The molecule has 0 aromatic rings. The second kappa shape index (κ2) is 28.3. The van der Waals surface area contributed by atoms with Crippen molar-refractivity contribution in [3.05, 3.63) is 72.9 Å². The number of carbonyl (C=O) groups is 2. The third-order valence-electron chi connectivity index (χ3n) is 5.55. The lowest BCUT2D eigenvalue weighted by atomic mass is 10.1. The van der Waals surface area contributed by atoms with Crippen LogP contribution >= 0.6 is 0 Å². The predicted octanol–water partition coefficient (Wildman–Crippen LogP) is 7.24. The molecular weight excluding hydrogens is 492 g/mol. The van der Waals surface area contributed by atoms with Crippen LogP contribution in [0.25, 0.3) is 0 Å². The topological polar surface area (TPSA) is 93.1 Å². The minimum Gasteiger partial charge on any atom is -0.463 e. The van der Waals surface area contributed by atoms with E-state index >= 15 is 0 Å². The molecule has 0 amide bonds. The third kappa shape index (κ3) is 28.1. The van der Waals surface area contributed by atoms with E-state index in [2.05, 4.69) is 44.2 Å². The van der Waals surface area contributed by atoms with Crippen LogP contribution in [-0.4, -0.2) is 47.6 Å². The number of hydrogen-bond acceptors (Lipinski definition) is 6. The van der Waals surface area contributed by atoms with E-state index in [4.69, 9.17) is 9.47 Å². The smallest absolute Gasteiger partial charge is 0.306 e. The minimum absolute atomic E-state index is 0.157. The Morgan fingerprint density at radius 3 is 1.95 bits per heavy atom. The molecule has 0 rings (SSSR count). The van der Waals surface area contributed by atoms with Crippen molar-refractivity contribution in [2.75, 3.05) is 13.2 Å². The van der Waals surface area contributed by atoms with E-state index < -0.39 is 12.2 Å². The fourth-order valence-electron chi connectivity index (χ4n) is 3.31. The molecule has 0 aromatic carbocycles. The first-order valence-electron chi connectivity index (χ1n) is 14.6. The zero-order chi connectivity index (χ0) is 28.8. The molecule has 0 saturated heterocycles. The van der Waals surface area contributed by atoms with Gasteiger partial charge in [-0.2, -0.15) is 0 Å². The molecule has 2 atom stereocenters. The minimum atomic E-state index is -1.01. The first kappa shape index (κ1) is 36.3. The van der Waals surface area contributed by atoms with Gasteiger partial charge in [-0.3, -0.25) is 9.59 Å². The molecular formula is C33H52O6. The molecule has 220 valence electrons. The van der Waals surface area contributed by atoms with Gasteiger partial charge in [-0.25, -0.2) is 0 Å². The standard InChI is InChI=1S/C33H52O6/c1-3-5-7-9-17-20-24-30(34)25-21-18-14-12-10-11-13-15-19-23-27-33(37)39-29-31(35)28-38-32(36)26-22-16-8-6-4-2/h5,7,10-11,14-15,17-21,25,30-31,34-35H,3-4,6,8-9,12-13,16,22-24,26-29H2,1-2H3/b7-5-,11-10-,18-14-,19-15-,20-17-,25-21+/t30?,31-/m0/s1. The summed E-state index contributed by atoms with van der Waals surface area (Å²) in [6.45, 7) is 3.92. The third-order valence-corrected chi connectivity index (χ3v) is 5.55. The number of aliphatic hydroxyl groups is 2. The number of aliphatic hydroxyl groups excluding tert-OH is 2. The molecule has 6 nitrogen and oxygen atoms in total. The lowest BCUT2D eigenvalue weighted by Crippen LogP contribution is -2.25. The summed E-state index contributed by atoms with van der Waals surface area (Å²) < 4.78 is 10.1. The van der Waals surface area contributed by atoms with Gasteiger partial charge in [0, 0.05) is 12.8 Å². The van der Waals surface area contributed by atoms with Crippen LogP contribution in [0.1, 0.15) is 97.3 Å². The lowest BCUT2D eigenvalue weighted by molar-refractivity contribution is -0.152. The highest BCUT2D eigenvalue weighted by molar-refractivity contribution is 5.70. The van der Waals surface area contributed by atoms with Crippen molar-refractivity contribution in [1.29, 1.82) is 0 Å². The van der Waals surface area contributed by atoms with Gasteiger partial charge in [0.1, 0.15) is 19.3 Å². The summed E-state index contributed by atoms with van der Waals surface area (Å²) in [5.41, 5.74) is 0. The fraction of sp³-hybridized carbons (Fsp3) is 0.576. The van der Waals surface area contributed by atoms with E-state index in [9.17, 15) is 19.8 Å². The average Bonchev–Trinajstić information content (AvgIpc) is 2.93. The molecule has 0 spiro atoms. The number of rotatable bonds is 24. The number of ether oxygens (including phenoxy) is 2. The summed E-state index contributed by atoms with van der Waals surface area (Å²) in [7, 11) is 0. The number of hydrogen-bond donors (Lipinski definition) is 2. The Morgan fingerprint density at radius 1 is 0.667 bits per heavy atom. The molecule has 0 bridgehead atoms. The van der Waals surface area contributed by atoms with Gasteiger partial charge in [0.25, 0.3) is 0 Å². The van der Waals surface area contributed by atoms with Crippen molar-refractivity contribution in [3.63, 3.8) is 0 Å². The maximum atomic E-state index is 11.8.